The summed E-state index contributed by atoms with van der Waals surface area (Å²) in [5, 5.41) is 0.765. The summed E-state index contributed by atoms with van der Waals surface area (Å²) < 4.78 is 13.1. The van der Waals surface area contributed by atoms with E-state index in [1.807, 2.05) is 4.90 Å². The minimum atomic E-state index is -0.496. The Balaban J connectivity index is 2.21. The van der Waals surface area contributed by atoms with Crippen molar-refractivity contribution < 1.29 is 9.18 Å². The molecule has 18 heavy (non-hydrogen) atoms. The number of likely N-dealkylation sites (tertiary alicyclic amines) is 1. The Morgan fingerprint density at radius 1 is 1.50 bits per heavy atom. The molecule has 0 N–H and O–H groups in total. The normalized spacial score (nSPS) is 19.9. The molecule has 98 valence electrons. The number of rotatable bonds is 2. The van der Waals surface area contributed by atoms with Crippen molar-refractivity contribution in [1.29, 1.82) is 0 Å². The highest BCUT2D eigenvalue weighted by molar-refractivity contribution is 9.09. The van der Waals surface area contributed by atoms with Crippen LogP contribution in [0.5, 0.6) is 0 Å². The molecule has 0 aliphatic carbocycles. The highest BCUT2D eigenvalue weighted by Crippen LogP contribution is 2.23. The number of carbonyl (C=O) groups excluding carboxylic acids is 1. The third kappa shape index (κ3) is 2.86. The van der Waals surface area contributed by atoms with Gasteiger partial charge in [0, 0.05) is 23.5 Å². The molecule has 1 aromatic rings. The summed E-state index contributed by atoms with van der Waals surface area (Å²) >= 11 is 9.15. The molecular weight excluding hydrogens is 321 g/mol. The number of benzene rings is 1. The van der Waals surface area contributed by atoms with Crippen molar-refractivity contribution in [2.45, 2.75) is 25.3 Å². The SMILES string of the molecule is O=C(c1ccc(F)c(Cl)c1)N1CCCCC1CBr. The maximum Gasteiger partial charge on any atom is 0.254 e. The van der Waals surface area contributed by atoms with Crippen LogP contribution >= 0.6 is 27.5 Å². The van der Waals surface area contributed by atoms with Crippen LogP contribution < -0.4 is 0 Å². The first-order valence-electron chi connectivity index (χ1n) is 5.95. The minimum Gasteiger partial charge on any atom is -0.335 e. The number of piperidine rings is 1. The number of hydrogen-bond acceptors (Lipinski definition) is 1. The molecule has 1 aromatic carbocycles. The summed E-state index contributed by atoms with van der Waals surface area (Å²) in [6.07, 6.45) is 3.17. The van der Waals surface area contributed by atoms with Gasteiger partial charge >= 0.3 is 0 Å². The second-order valence-electron chi connectivity index (χ2n) is 4.43. The van der Waals surface area contributed by atoms with Crippen LogP contribution in [0.25, 0.3) is 0 Å². The number of nitrogens with zero attached hydrogens (tertiary/aromatic N) is 1. The molecule has 1 amide bonds. The summed E-state index contributed by atoms with van der Waals surface area (Å²) in [5.74, 6) is -0.565. The third-order valence-electron chi connectivity index (χ3n) is 3.23. The fourth-order valence-electron chi connectivity index (χ4n) is 2.22. The molecule has 1 heterocycles. The first kappa shape index (κ1) is 13.8. The average Bonchev–Trinajstić information content (AvgIpc) is 2.41. The van der Waals surface area contributed by atoms with Crippen LogP contribution in [0.4, 0.5) is 4.39 Å². The topological polar surface area (TPSA) is 20.3 Å². The lowest BCUT2D eigenvalue weighted by atomic mass is 10.0. The van der Waals surface area contributed by atoms with E-state index in [0.29, 0.717) is 5.56 Å². The van der Waals surface area contributed by atoms with Gasteiger partial charge in [0.2, 0.25) is 0 Å². The molecule has 1 aliphatic rings. The zero-order chi connectivity index (χ0) is 13.1. The largest absolute Gasteiger partial charge is 0.335 e. The van der Waals surface area contributed by atoms with Crippen LogP contribution in [0.1, 0.15) is 29.6 Å². The van der Waals surface area contributed by atoms with E-state index in [1.165, 1.54) is 18.2 Å². The summed E-state index contributed by atoms with van der Waals surface area (Å²) in [6.45, 7) is 0.754. The van der Waals surface area contributed by atoms with E-state index in [-0.39, 0.29) is 17.0 Å². The number of alkyl halides is 1. The van der Waals surface area contributed by atoms with Gasteiger partial charge in [-0.3, -0.25) is 4.79 Å². The smallest absolute Gasteiger partial charge is 0.254 e. The Morgan fingerprint density at radius 2 is 2.28 bits per heavy atom. The standard InChI is InChI=1S/C13H14BrClFNO/c14-8-10-3-1-2-6-17(10)13(18)9-4-5-12(16)11(15)7-9/h4-5,7,10H,1-3,6,8H2. The lowest BCUT2D eigenvalue weighted by molar-refractivity contribution is 0.0642. The Hall–Kier alpha value is -0.610. The van der Waals surface area contributed by atoms with E-state index in [9.17, 15) is 9.18 Å². The molecule has 0 spiro atoms. The molecular formula is C13H14BrClFNO. The molecule has 0 radical (unpaired) electrons. The first-order chi connectivity index (χ1) is 8.63. The quantitative estimate of drug-likeness (QED) is 0.752. The second kappa shape index (κ2) is 6.02. The van der Waals surface area contributed by atoms with Crippen molar-refractivity contribution in [2.75, 3.05) is 11.9 Å². The Kier molecular flexibility index (Phi) is 4.62. The predicted octanol–water partition coefficient (Wildman–Crippen LogP) is 3.87. The molecule has 1 atom stereocenters. The maximum atomic E-state index is 13.1. The van der Waals surface area contributed by atoms with Crippen molar-refractivity contribution in [3.8, 4) is 0 Å². The zero-order valence-electron chi connectivity index (χ0n) is 9.83. The number of hydrogen-bond donors (Lipinski definition) is 0. The van der Waals surface area contributed by atoms with Gasteiger partial charge in [-0.1, -0.05) is 27.5 Å². The maximum absolute atomic E-state index is 13.1. The fraction of sp³-hybridized carbons (Fsp3) is 0.462. The van der Waals surface area contributed by atoms with Crippen molar-refractivity contribution in [3.63, 3.8) is 0 Å². The lowest BCUT2D eigenvalue weighted by Gasteiger charge is -2.34. The summed E-state index contributed by atoms with van der Waals surface area (Å²) in [6, 6.07) is 4.35. The lowest BCUT2D eigenvalue weighted by Crippen LogP contribution is -2.44. The first-order valence-corrected chi connectivity index (χ1v) is 7.45. The summed E-state index contributed by atoms with van der Waals surface area (Å²) in [5.41, 5.74) is 0.453. The van der Waals surface area contributed by atoms with Gasteiger partial charge < -0.3 is 4.90 Å². The predicted molar refractivity (Wildman–Crippen MR) is 73.9 cm³/mol. The Bertz CT molecular complexity index is 455. The minimum absolute atomic E-state index is 0.00625. The van der Waals surface area contributed by atoms with Gasteiger partial charge in [-0.2, -0.15) is 0 Å². The van der Waals surface area contributed by atoms with Crippen LogP contribution in [0.2, 0.25) is 5.02 Å². The van der Waals surface area contributed by atoms with Gasteiger partial charge in [-0.15, -0.1) is 0 Å². The molecule has 1 aliphatic heterocycles. The van der Waals surface area contributed by atoms with Gasteiger partial charge in [0.1, 0.15) is 5.82 Å². The number of amides is 1. The van der Waals surface area contributed by atoms with Crippen molar-refractivity contribution in [1.82, 2.24) is 4.90 Å². The molecule has 1 unspecified atom stereocenters. The monoisotopic (exact) mass is 333 g/mol. The fourth-order valence-corrected chi connectivity index (χ4v) is 3.08. The van der Waals surface area contributed by atoms with Gasteiger partial charge in [0.05, 0.1) is 5.02 Å². The summed E-state index contributed by atoms with van der Waals surface area (Å²) in [4.78, 5) is 14.2. The van der Waals surface area contributed by atoms with Crippen LogP contribution in [0.3, 0.4) is 0 Å². The van der Waals surface area contributed by atoms with E-state index >= 15 is 0 Å². The molecule has 1 saturated heterocycles. The second-order valence-corrected chi connectivity index (χ2v) is 5.49. The highest BCUT2D eigenvalue weighted by atomic mass is 79.9. The molecule has 0 aromatic heterocycles. The zero-order valence-corrected chi connectivity index (χ0v) is 12.2. The van der Waals surface area contributed by atoms with Gasteiger partial charge in [-0.05, 0) is 37.5 Å². The van der Waals surface area contributed by atoms with E-state index in [4.69, 9.17) is 11.6 Å². The number of halogens is 3. The van der Waals surface area contributed by atoms with E-state index in [2.05, 4.69) is 15.9 Å². The van der Waals surface area contributed by atoms with E-state index in [0.717, 1.165) is 31.1 Å². The van der Waals surface area contributed by atoms with E-state index < -0.39 is 5.82 Å². The molecule has 2 rings (SSSR count). The van der Waals surface area contributed by atoms with Crippen LogP contribution in [-0.2, 0) is 0 Å². The average molecular weight is 335 g/mol. The molecule has 1 fully saturated rings. The Morgan fingerprint density at radius 3 is 2.94 bits per heavy atom. The van der Waals surface area contributed by atoms with Crippen LogP contribution in [0, 0.1) is 5.82 Å². The van der Waals surface area contributed by atoms with Crippen molar-refractivity contribution in [3.05, 3.63) is 34.6 Å². The van der Waals surface area contributed by atoms with Crippen LogP contribution in [0.15, 0.2) is 18.2 Å². The van der Waals surface area contributed by atoms with Gasteiger partial charge in [-0.25, -0.2) is 4.39 Å². The molecule has 0 bridgehead atoms. The number of carbonyl (C=O) groups is 1. The van der Waals surface area contributed by atoms with Gasteiger partial charge in [0.25, 0.3) is 5.91 Å². The van der Waals surface area contributed by atoms with Crippen molar-refractivity contribution in [2.24, 2.45) is 0 Å². The third-order valence-corrected chi connectivity index (χ3v) is 4.27. The molecule has 5 heteroatoms. The summed E-state index contributed by atoms with van der Waals surface area (Å²) in [7, 11) is 0. The Labute approximate surface area is 119 Å². The molecule has 0 saturated carbocycles. The van der Waals surface area contributed by atoms with E-state index in [1.54, 1.807) is 0 Å². The van der Waals surface area contributed by atoms with Gasteiger partial charge in [0.15, 0.2) is 0 Å². The van der Waals surface area contributed by atoms with Crippen LogP contribution in [-0.4, -0.2) is 28.7 Å². The highest BCUT2D eigenvalue weighted by Gasteiger charge is 2.26. The molecule has 2 nitrogen and oxygen atoms in total. The van der Waals surface area contributed by atoms with Crippen molar-refractivity contribution >= 4 is 33.4 Å².